The van der Waals surface area contributed by atoms with Crippen LogP contribution in [0.5, 0.6) is 11.5 Å². The smallest absolute Gasteiger partial charge is 0.123 e. The molecule has 4 nitrogen and oxygen atoms in total. The van der Waals surface area contributed by atoms with E-state index in [1.807, 2.05) is 12.1 Å². The Balaban J connectivity index is 0.00000180. The highest BCUT2D eigenvalue weighted by Gasteiger charge is 1.93. The quantitative estimate of drug-likeness (QED) is 0.620. The van der Waals surface area contributed by atoms with Crippen molar-refractivity contribution in [3.8, 4) is 11.5 Å². The van der Waals surface area contributed by atoms with E-state index in [-0.39, 0.29) is 23.8 Å². The van der Waals surface area contributed by atoms with Gasteiger partial charge >= 0.3 is 0 Å². The highest BCUT2D eigenvalue weighted by Crippen LogP contribution is 2.17. The van der Waals surface area contributed by atoms with E-state index in [0.29, 0.717) is 11.1 Å². The molecule has 0 spiro atoms. The highest BCUT2D eigenvalue weighted by molar-refractivity contribution is 5.59. The van der Waals surface area contributed by atoms with Crippen LogP contribution in [0.1, 0.15) is 11.1 Å². The Labute approximate surface area is 118 Å². The Morgan fingerprint density at radius 1 is 0.650 bits per heavy atom. The van der Waals surface area contributed by atoms with E-state index >= 15 is 0 Å². The zero-order valence-electron chi connectivity index (χ0n) is 11.1. The zero-order valence-corrected chi connectivity index (χ0v) is 11.1. The molecule has 0 aliphatic heterocycles. The Kier molecular flexibility index (Phi) is 7.23. The topological polar surface area (TPSA) is 110 Å². The third-order valence-corrected chi connectivity index (χ3v) is 2.41. The molecule has 20 heavy (non-hydrogen) atoms. The maximum absolute atomic E-state index is 9.52. The van der Waals surface area contributed by atoms with Crippen molar-refractivity contribution in [2.45, 2.75) is 0 Å². The summed E-state index contributed by atoms with van der Waals surface area (Å²) in [5, 5.41) is 19.0. The van der Waals surface area contributed by atoms with Gasteiger partial charge in [0.2, 0.25) is 0 Å². The molecule has 0 aliphatic carbocycles. The second-order valence-electron chi connectivity index (χ2n) is 3.69. The van der Waals surface area contributed by atoms with E-state index in [0.717, 1.165) is 0 Å². The highest BCUT2D eigenvalue weighted by atomic mass is 16.3. The number of aromatic hydroxyl groups is 2. The molecule has 0 aliphatic rings. The van der Waals surface area contributed by atoms with Gasteiger partial charge < -0.3 is 22.5 Å². The zero-order chi connectivity index (χ0) is 12.8. The lowest BCUT2D eigenvalue weighted by Gasteiger charge is -1.94. The van der Waals surface area contributed by atoms with Crippen molar-refractivity contribution in [1.29, 1.82) is 0 Å². The van der Waals surface area contributed by atoms with Gasteiger partial charge in [0.05, 0.1) is 0 Å². The van der Waals surface area contributed by atoms with Gasteiger partial charge in [0.15, 0.2) is 0 Å². The molecular weight excluding hydrogens is 252 g/mol. The number of hydrogen-bond donors (Lipinski definition) is 4. The van der Waals surface area contributed by atoms with E-state index in [4.69, 9.17) is 0 Å². The summed E-state index contributed by atoms with van der Waals surface area (Å²) in [4.78, 5) is 0. The molecule has 0 unspecified atom stereocenters. The minimum atomic E-state index is 0. The van der Waals surface area contributed by atoms with Crippen molar-refractivity contribution in [2.75, 3.05) is 0 Å². The maximum atomic E-state index is 9.52. The Morgan fingerprint density at radius 2 is 1.00 bits per heavy atom. The van der Waals surface area contributed by atoms with Crippen LogP contribution in [0.2, 0.25) is 0 Å². The van der Waals surface area contributed by atoms with Crippen LogP contribution in [-0.4, -0.2) is 10.2 Å². The van der Waals surface area contributed by atoms with Gasteiger partial charge in [0.25, 0.3) is 0 Å². The molecule has 2 rings (SSSR count). The van der Waals surface area contributed by atoms with Crippen LogP contribution in [0.15, 0.2) is 60.0 Å². The van der Waals surface area contributed by atoms with Gasteiger partial charge in [0, 0.05) is 11.1 Å². The number of hydrogen-bond acceptors (Lipinski definition) is 4. The van der Waals surface area contributed by atoms with Gasteiger partial charge in [-0.1, -0.05) is 47.9 Å². The fourth-order valence-electron chi connectivity index (χ4n) is 1.46. The van der Waals surface area contributed by atoms with E-state index in [1.54, 1.807) is 48.6 Å². The number of para-hydroxylation sites is 2. The van der Waals surface area contributed by atoms with E-state index in [1.165, 1.54) is 0 Å². The fraction of sp³-hybridized carbons (Fsp3) is 0. The van der Waals surface area contributed by atoms with Gasteiger partial charge in [0.1, 0.15) is 11.5 Å². The average molecular weight is 270 g/mol. The minimum absolute atomic E-state index is 0. The minimum Gasteiger partial charge on any atom is -0.507 e. The second-order valence-corrected chi connectivity index (χ2v) is 3.69. The summed E-state index contributed by atoms with van der Waals surface area (Å²) in [5.41, 5.74) is 6.99. The van der Waals surface area contributed by atoms with Gasteiger partial charge in [-0.2, -0.15) is 0 Å². The molecule has 2 aromatic carbocycles. The first-order chi connectivity index (χ1) is 8.77. The van der Waals surface area contributed by atoms with Crippen molar-refractivity contribution in [1.82, 2.24) is 12.3 Å². The number of rotatable bonds is 2. The van der Waals surface area contributed by atoms with Gasteiger partial charge in [-0.3, -0.25) is 0 Å². The van der Waals surface area contributed by atoms with Gasteiger partial charge in [-0.05, 0) is 24.3 Å². The Hall–Kier alpha value is -2.74. The first-order valence-electron chi connectivity index (χ1n) is 5.51. The molecule has 0 bridgehead atoms. The lowest BCUT2D eigenvalue weighted by Crippen LogP contribution is -1.71. The van der Waals surface area contributed by atoms with E-state index < -0.39 is 0 Å². The molecule has 0 atom stereocenters. The summed E-state index contributed by atoms with van der Waals surface area (Å²) < 4.78 is 0. The van der Waals surface area contributed by atoms with Gasteiger partial charge in [-0.15, -0.1) is 0 Å². The largest absolute Gasteiger partial charge is 0.507 e. The van der Waals surface area contributed by atoms with Crippen molar-refractivity contribution in [3.05, 3.63) is 71.1 Å². The first-order valence-corrected chi connectivity index (χ1v) is 5.51. The van der Waals surface area contributed by atoms with Gasteiger partial charge in [-0.25, -0.2) is 0 Å². The Morgan fingerprint density at radius 3 is 1.35 bits per heavy atom. The molecular formula is C16H18N2O2. The molecule has 0 radical (unpaired) electrons. The average Bonchev–Trinajstić information content (AvgIpc) is 2.38. The molecule has 0 amide bonds. The predicted molar refractivity (Wildman–Crippen MR) is 82.2 cm³/mol. The molecule has 0 heterocycles. The molecule has 2 aromatic rings. The standard InChI is InChI=1S/C16H12O2.2H3N/c17-15-11-5-3-9-13(15)7-1-2-8-14-10-4-6-12-16(14)18;;/h3-12,17-18H;2*1H3. The SMILES string of the molecule is N.N.Oc1ccccc1C=C=C=Cc1ccccc1O. The molecule has 0 saturated heterocycles. The molecule has 104 valence electrons. The third kappa shape index (κ3) is 4.50. The van der Waals surface area contributed by atoms with Crippen LogP contribution in [0, 0.1) is 0 Å². The second kappa shape index (κ2) is 8.38. The summed E-state index contributed by atoms with van der Waals surface area (Å²) in [5.74, 6) is 0.406. The monoisotopic (exact) mass is 270 g/mol. The molecule has 0 saturated carbocycles. The van der Waals surface area contributed by atoms with Crippen LogP contribution >= 0.6 is 0 Å². The van der Waals surface area contributed by atoms with Crippen LogP contribution in [0.3, 0.4) is 0 Å². The van der Waals surface area contributed by atoms with Crippen LogP contribution in [-0.2, 0) is 0 Å². The molecule has 0 fully saturated rings. The lowest BCUT2D eigenvalue weighted by molar-refractivity contribution is 0.473. The molecule has 0 aromatic heterocycles. The summed E-state index contributed by atoms with van der Waals surface area (Å²) in [7, 11) is 0. The normalized spacial score (nSPS) is 8.20. The van der Waals surface area contributed by atoms with Crippen LogP contribution in [0.4, 0.5) is 0 Å². The predicted octanol–water partition coefficient (Wildman–Crippen LogP) is 3.90. The Bertz CT molecular complexity index is 596. The summed E-state index contributed by atoms with van der Waals surface area (Å²) >= 11 is 0. The van der Waals surface area contributed by atoms with Crippen LogP contribution in [0.25, 0.3) is 12.2 Å². The summed E-state index contributed by atoms with van der Waals surface area (Å²) in [6.07, 6.45) is 3.26. The van der Waals surface area contributed by atoms with Crippen molar-refractivity contribution >= 4 is 12.2 Å². The third-order valence-electron chi connectivity index (χ3n) is 2.41. The number of phenolic OH excluding ortho intramolecular Hbond substituents is 2. The van der Waals surface area contributed by atoms with Crippen molar-refractivity contribution in [3.63, 3.8) is 0 Å². The summed E-state index contributed by atoms with van der Waals surface area (Å²) in [6.45, 7) is 0. The summed E-state index contributed by atoms with van der Waals surface area (Å²) in [6, 6.07) is 14.0. The number of phenols is 2. The molecule has 4 heteroatoms. The number of benzene rings is 2. The lowest BCUT2D eigenvalue weighted by atomic mass is 10.2. The fourth-order valence-corrected chi connectivity index (χ4v) is 1.46. The van der Waals surface area contributed by atoms with Crippen molar-refractivity contribution in [2.24, 2.45) is 0 Å². The van der Waals surface area contributed by atoms with Crippen LogP contribution < -0.4 is 12.3 Å². The first kappa shape index (κ1) is 17.3. The van der Waals surface area contributed by atoms with E-state index in [2.05, 4.69) is 11.5 Å². The van der Waals surface area contributed by atoms with E-state index in [9.17, 15) is 10.2 Å². The van der Waals surface area contributed by atoms with Crippen molar-refractivity contribution < 1.29 is 10.2 Å². The molecule has 8 N–H and O–H groups in total. The maximum Gasteiger partial charge on any atom is 0.123 e.